The quantitative estimate of drug-likeness (QED) is 0.821. The van der Waals surface area contributed by atoms with Crippen LogP contribution in [-0.4, -0.2) is 40.6 Å². The molecule has 0 unspecified atom stereocenters. The third-order valence-corrected chi connectivity index (χ3v) is 4.36. The molecule has 1 saturated carbocycles. The fraction of sp³-hybridized carbons (Fsp3) is 0.667. The van der Waals surface area contributed by atoms with E-state index in [1.807, 2.05) is 0 Å². The summed E-state index contributed by atoms with van der Waals surface area (Å²) in [5.41, 5.74) is -1.40. The Balaban J connectivity index is 1.99. The molecule has 0 aromatic carbocycles. The van der Waals surface area contributed by atoms with Crippen LogP contribution in [0.2, 0.25) is 0 Å². The van der Waals surface area contributed by atoms with Crippen molar-refractivity contribution in [3.63, 3.8) is 0 Å². The van der Waals surface area contributed by atoms with Crippen molar-refractivity contribution in [1.29, 1.82) is 0 Å². The Morgan fingerprint density at radius 3 is 2.76 bits per heavy atom. The predicted molar refractivity (Wildman–Crippen MR) is 77.7 cm³/mol. The van der Waals surface area contributed by atoms with Gasteiger partial charge in [-0.25, -0.2) is 4.39 Å². The molecule has 0 saturated heterocycles. The van der Waals surface area contributed by atoms with Gasteiger partial charge in [0, 0.05) is 6.61 Å². The summed E-state index contributed by atoms with van der Waals surface area (Å²) in [6.45, 7) is 0.359. The third-order valence-electron chi connectivity index (χ3n) is 4.13. The van der Waals surface area contributed by atoms with Gasteiger partial charge < -0.3 is 14.4 Å². The Morgan fingerprint density at radius 1 is 1.52 bits per heavy atom. The van der Waals surface area contributed by atoms with Crippen LogP contribution in [-0.2, 0) is 11.3 Å². The molecule has 1 N–H and O–H groups in total. The topological polar surface area (TPSA) is 53.7 Å². The van der Waals surface area contributed by atoms with E-state index in [9.17, 15) is 9.18 Å². The number of furan rings is 1. The van der Waals surface area contributed by atoms with Gasteiger partial charge in [-0.2, -0.15) is 0 Å². The summed E-state index contributed by atoms with van der Waals surface area (Å²) in [4.78, 5) is 13.3. The van der Waals surface area contributed by atoms with E-state index in [2.05, 4.69) is 0 Å². The minimum absolute atomic E-state index is 0.0252. The molecular weight excluding hydrogens is 297 g/mol. The molecule has 0 bridgehead atoms. The lowest BCUT2D eigenvalue weighted by Gasteiger charge is -2.36. The zero-order chi connectivity index (χ0) is 15.3. The van der Waals surface area contributed by atoms with Gasteiger partial charge >= 0.3 is 0 Å². The number of halogens is 2. The fourth-order valence-electron chi connectivity index (χ4n) is 2.79. The minimum Gasteiger partial charge on any atom is -0.467 e. The summed E-state index contributed by atoms with van der Waals surface area (Å²) in [5, 5.41) is 9.12. The van der Waals surface area contributed by atoms with Crippen molar-refractivity contribution in [2.24, 2.45) is 5.92 Å². The maximum atomic E-state index is 14.9. The summed E-state index contributed by atoms with van der Waals surface area (Å²) in [6, 6.07) is 3.48. The van der Waals surface area contributed by atoms with Crippen LogP contribution in [0.4, 0.5) is 4.39 Å². The minimum atomic E-state index is -1.40. The second-order valence-corrected chi connectivity index (χ2v) is 6.01. The van der Waals surface area contributed by atoms with Crippen LogP contribution >= 0.6 is 11.6 Å². The van der Waals surface area contributed by atoms with Crippen molar-refractivity contribution < 1.29 is 18.7 Å². The maximum Gasteiger partial charge on any atom is 0.238 e. The monoisotopic (exact) mass is 317 g/mol. The molecule has 1 aromatic heterocycles. The molecule has 1 aromatic rings. The molecule has 1 fully saturated rings. The number of amides is 1. The standard InChI is InChI=1S/C15H21ClFNO3/c16-8-14(20)18(9-13-2-1-7-21-13)11-15(17)5-3-12(10-19)4-6-15/h1-2,7,12,19H,3-6,8-11H2. The van der Waals surface area contributed by atoms with Crippen LogP contribution in [0.5, 0.6) is 0 Å². The van der Waals surface area contributed by atoms with Crippen LogP contribution in [0.25, 0.3) is 0 Å². The Kier molecular flexibility index (Phi) is 5.65. The Hall–Kier alpha value is -1.07. The van der Waals surface area contributed by atoms with Crippen molar-refractivity contribution in [2.45, 2.75) is 37.9 Å². The molecule has 1 amide bonds. The molecule has 4 nitrogen and oxygen atoms in total. The molecule has 0 radical (unpaired) electrons. The van der Waals surface area contributed by atoms with Gasteiger partial charge in [-0.1, -0.05) is 0 Å². The highest BCUT2D eigenvalue weighted by molar-refractivity contribution is 6.27. The van der Waals surface area contributed by atoms with E-state index in [-0.39, 0.29) is 37.4 Å². The summed E-state index contributed by atoms with van der Waals surface area (Å²) in [5.74, 6) is 0.322. The van der Waals surface area contributed by atoms with Gasteiger partial charge in [-0.15, -0.1) is 11.6 Å². The lowest BCUT2D eigenvalue weighted by atomic mass is 9.80. The number of aliphatic hydroxyl groups is 1. The molecular formula is C15H21ClFNO3. The molecule has 0 atom stereocenters. The van der Waals surface area contributed by atoms with Gasteiger partial charge in [0.05, 0.1) is 19.4 Å². The van der Waals surface area contributed by atoms with Crippen molar-refractivity contribution in [1.82, 2.24) is 4.90 Å². The van der Waals surface area contributed by atoms with Crippen molar-refractivity contribution in [2.75, 3.05) is 19.0 Å². The predicted octanol–water partition coefficient (Wildman–Crippen LogP) is 2.74. The number of rotatable bonds is 6. The van der Waals surface area contributed by atoms with E-state index in [1.54, 1.807) is 12.1 Å². The summed E-state index contributed by atoms with van der Waals surface area (Å²) in [7, 11) is 0. The highest BCUT2D eigenvalue weighted by atomic mass is 35.5. The first-order valence-corrected chi connectivity index (χ1v) is 7.75. The highest BCUT2D eigenvalue weighted by Gasteiger charge is 2.37. The van der Waals surface area contributed by atoms with Crippen molar-refractivity contribution in [3.8, 4) is 0 Å². The summed E-state index contributed by atoms with van der Waals surface area (Å²) in [6.07, 6.45) is 3.55. The van der Waals surface area contributed by atoms with Gasteiger partial charge in [0.1, 0.15) is 17.3 Å². The van der Waals surface area contributed by atoms with Gasteiger partial charge in [0.2, 0.25) is 5.91 Å². The second-order valence-electron chi connectivity index (χ2n) is 5.74. The van der Waals surface area contributed by atoms with E-state index in [0.29, 0.717) is 31.4 Å². The zero-order valence-corrected chi connectivity index (χ0v) is 12.7. The van der Waals surface area contributed by atoms with Crippen LogP contribution in [0, 0.1) is 5.92 Å². The van der Waals surface area contributed by atoms with E-state index >= 15 is 0 Å². The molecule has 1 aliphatic carbocycles. The van der Waals surface area contributed by atoms with Crippen LogP contribution in [0.15, 0.2) is 22.8 Å². The highest BCUT2D eigenvalue weighted by Crippen LogP contribution is 2.36. The fourth-order valence-corrected chi connectivity index (χ4v) is 2.95. The number of nitrogens with zero attached hydrogens (tertiary/aromatic N) is 1. The first-order chi connectivity index (χ1) is 10.1. The number of hydrogen-bond acceptors (Lipinski definition) is 3. The number of alkyl halides is 2. The average Bonchev–Trinajstić information content (AvgIpc) is 2.99. The van der Waals surface area contributed by atoms with E-state index in [4.69, 9.17) is 21.1 Å². The first-order valence-electron chi connectivity index (χ1n) is 7.22. The molecule has 2 rings (SSSR count). The molecule has 0 spiro atoms. The van der Waals surface area contributed by atoms with Crippen LogP contribution < -0.4 is 0 Å². The van der Waals surface area contributed by atoms with Crippen molar-refractivity contribution >= 4 is 17.5 Å². The molecule has 1 aliphatic rings. The molecule has 21 heavy (non-hydrogen) atoms. The smallest absolute Gasteiger partial charge is 0.238 e. The third kappa shape index (κ3) is 4.45. The first kappa shape index (κ1) is 16.3. The number of aliphatic hydroxyl groups excluding tert-OH is 1. The SMILES string of the molecule is O=C(CCl)N(Cc1ccco1)CC1(F)CCC(CO)CC1. The molecule has 118 valence electrons. The lowest BCUT2D eigenvalue weighted by Crippen LogP contribution is -2.45. The molecule has 6 heteroatoms. The number of carbonyl (C=O) groups excluding carboxylic acids is 1. The van der Waals surface area contributed by atoms with Gasteiger partial charge in [-0.3, -0.25) is 4.79 Å². The summed E-state index contributed by atoms with van der Waals surface area (Å²) < 4.78 is 20.1. The second kappa shape index (κ2) is 7.27. The Bertz CT molecular complexity index is 444. The van der Waals surface area contributed by atoms with Crippen molar-refractivity contribution in [3.05, 3.63) is 24.2 Å². The lowest BCUT2D eigenvalue weighted by molar-refractivity contribution is -0.132. The largest absolute Gasteiger partial charge is 0.467 e. The molecule has 0 aliphatic heterocycles. The maximum absolute atomic E-state index is 14.9. The van der Waals surface area contributed by atoms with E-state index in [0.717, 1.165) is 0 Å². The van der Waals surface area contributed by atoms with Gasteiger partial charge in [0.25, 0.3) is 0 Å². The Morgan fingerprint density at radius 2 is 2.24 bits per heavy atom. The average molecular weight is 318 g/mol. The van der Waals surface area contributed by atoms with E-state index < -0.39 is 5.67 Å². The number of hydrogen-bond donors (Lipinski definition) is 1. The van der Waals surface area contributed by atoms with Gasteiger partial charge in [0.15, 0.2) is 0 Å². The summed E-state index contributed by atoms with van der Waals surface area (Å²) >= 11 is 5.62. The van der Waals surface area contributed by atoms with Crippen LogP contribution in [0.3, 0.4) is 0 Å². The van der Waals surface area contributed by atoms with Gasteiger partial charge in [-0.05, 0) is 43.7 Å². The van der Waals surface area contributed by atoms with Crippen LogP contribution in [0.1, 0.15) is 31.4 Å². The van der Waals surface area contributed by atoms with E-state index in [1.165, 1.54) is 11.2 Å². The number of carbonyl (C=O) groups is 1. The normalized spacial score (nSPS) is 25.8. The molecule has 1 heterocycles. The zero-order valence-electron chi connectivity index (χ0n) is 11.9. The Labute approximate surface area is 128 Å².